The second kappa shape index (κ2) is 9.07. The van der Waals surface area contributed by atoms with Crippen molar-refractivity contribution in [1.82, 2.24) is 9.80 Å². The van der Waals surface area contributed by atoms with Gasteiger partial charge in [-0.1, -0.05) is 37.1 Å². The van der Waals surface area contributed by atoms with E-state index in [4.69, 9.17) is 11.6 Å². The molecule has 4 nitrogen and oxygen atoms in total. The van der Waals surface area contributed by atoms with Crippen molar-refractivity contribution in [2.45, 2.75) is 39.5 Å². The molecule has 0 unspecified atom stereocenters. The average molecular weight is 351 g/mol. The minimum absolute atomic E-state index is 0.0372. The fourth-order valence-electron chi connectivity index (χ4n) is 3.17. The fraction of sp³-hybridized carbons (Fsp3) is 0.579. The standard InChI is InChI=1S/C19H27ClN2O2/c1-3-5-12-21(4-2)18(23)15-10-13-22(14-11-15)19(24)16-8-6-7-9-17(16)20/h6-9,15H,3-5,10-14H2,1-2H3. The highest BCUT2D eigenvalue weighted by Crippen LogP contribution is 2.23. The molecule has 0 saturated carbocycles. The van der Waals surface area contributed by atoms with Crippen LogP contribution in [0.25, 0.3) is 0 Å². The maximum absolute atomic E-state index is 12.6. The van der Waals surface area contributed by atoms with E-state index >= 15 is 0 Å². The topological polar surface area (TPSA) is 40.6 Å². The maximum atomic E-state index is 12.6. The molecule has 0 aromatic heterocycles. The largest absolute Gasteiger partial charge is 0.343 e. The second-order valence-electron chi connectivity index (χ2n) is 6.32. The third-order valence-corrected chi connectivity index (χ3v) is 5.04. The van der Waals surface area contributed by atoms with E-state index in [1.807, 2.05) is 28.9 Å². The number of unbranched alkanes of at least 4 members (excludes halogenated alkanes) is 1. The summed E-state index contributed by atoms with van der Waals surface area (Å²) in [6.07, 6.45) is 3.60. The van der Waals surface area contributed by atoms with Gasteiger partial charge in [-0.15, -0.1) is 0 Å². The highest BCUT2D eigenvalue weighted by atomic mass is 35.5. The predicted octanol–water partition coefficient (Wildman–Crippen LogP) is 3.84. The van der Waals surface area contributed by atoms with Gasteiger partial charge in [-0.25, -0.2) is 0 Å². The molecule has 132 valence electrons. The van der Waals surface area contributed by atoms with E-state index in [1.54, 1.807) is 12.1 Å². The van der Waals surface area contributed by atoms with Gasteiger partial charge in [0.15, 0.2) is 0 Å². The summed E-state index contributed by atoms with van der Waals surface area (Å²) in [7, 11) is 0. The van der Waals surface area contributed by atoms with Gasteiger partial charge < -0.3 is 9.80 Å². The van der Waals surface area contributed by atoms with E-state index in [2.05, 4.69) is 6.92 Å². The van der Waals surface area contributed by atoms with Crippen LogP contribution in [0.15, 0.2) is 24.3 Å². The average Bonchev–Trinajstić information content (AvgIpc) is 2.62. The Morgan fingerprint density at radius 2 is 1.88 bits per heavy atom. The van der Waals surface area contributed by atoms with Crippen LogP contribution in [0.3, 0.4) is 0 Å². The van der Waals surface area contributed by atoms with E-state index < -0.39 is 0 Å². The normalized spacial score (nSPS) is 15.4. The number of nitrogens with zero attached hydrogens (tertiary/aromatic N) is 2. The summed E-state index contributed by atoms with van der Waals surface area (Å²) in [6, 6.07) is 7.13. The molecule has 0 radical (unpaired) electrons. The molecule has 0 spiro atoms. The van der Waals surface area contributed by atoms with Crippen LogP contribution in [0.1, 0.15) is 49.9 Å². The van der Waals surface area contributed by atoms with E-state index in [9.17, 15) is 9.59 Å². The Kier molecular flexibility index (Phi) is 7.10. The van der Waals surface area contributed by atoms with Gasteiger partial charge in [0, 0.05) is 32.1 Å². The van der Waals surface area contributed by atoms with Crippen LogP contribution in [0.5, 0.6) is 0 Å². The molecule has 1 aromatic rings. The van der Waals surface area contributed by atoms with E-state index in [0.717, 1.165) is 38.8 Å². The van der Waals surface area contributed by atoms with E-state index in [1.165, 1.54) is 0 Å². The number of benzene rings is 1. The number of halogens is 1. The zero-order valence-electron chi connectivity index (χ0n) is 14.6. The Morgan fingerprint density at radius 3 is 2.46 bits per heavy atom. The summed E-state index contributed by atoms with van der Waals surface area (Å²) in [5.41, 5.74) is 0.544. The monoisotopic (exact) mass is 350 g/mol. The van der Waals surface area contributed by atoms with Crippen molar-refractivity contribution < 1.29 is 9.59 Å². The Bertz CT molecular complexity index is 568. The quantitative estimate of drug-likeness (QED) is 0.782. The van der Waals surface area contributed by atoms with Crippen LogP contribution in [0.4, 0.5) is 0 Å². The first kappa shape index (κ1) is 18.8. The molecule has 0 aliphatic carbocycles. The summed E-state index contributed by atoms with van der Waals surface area (Å²) in [4.78, 5) is 29.0. The van der Waals surface area contributed by atoms with Crippen molar-refractivity contribution in [3.63, 3.8) is 0 Å². The molecule has 24 heavy (non-hydrogen) atoms. The number of amides is 2. The Hall–Kier alpha value is -1.55. The highest BCUT2D eigenvalue weighted by Gasteiger charge is 2.30. The molecule has 0 bridgehead atoms. The molecule has 2 rings (SSSR count). The van der Waals surface area contributed by atoms with Gasteiger partial charge >= 0.3 is 0 Å². The molecule has 5 heteroatoms. The molecule has 1 aliphatic rings. The Morgan fingerprint density at radius 1 is 1.21 bits per heavy atom. The van der Waals surface area contributed by atoms with Crippen molar-refractivity contribution in [3.8, 4) is 0 Å². The molecule has 1 aliphatic heterocycles. The van der Waals surface area contributed by atoms with Crippen molar-refractivity contribution >= 4 is 23.4 Å². The lowest BCUT2D eigenvalue weighted by Crippen LogP contribution is -2.44. The van der Waals surface area contributed by atoms with Crippen LogP contribution in [-0.2, 0) is 4.79 Å². The SMILES string of the molecule is CCCCN(CC)C(=O)C1CCN(C(=O)c2ccccc2Cl)CC1. The van der Waals surface area contributed by atoms with Crippen molar-refractivity contribution in [2.24, 2.45) is 5.92 Å². The summed E-state index contributed by atoms with van der Waals surface area (Å²) < 4.78 is 0. The van der Waals surface area contributed by atoms with Crippen molar-refractivity contribution in [3.05, 3.63) is 34.9 Å². The lowest BCUT2D eigenvalue weighted by atomic mass is 9.94. The van der Waals surface area contributed by atoms with Gasteiger partial charge in [0.1, 0.15) is 0 Å². The molecule has 0 N–H and O–H groups in total. The molecular formula is C19H27ClN2O2. The summed E-state index contributed by atoms with van der Waals surface area (Å²) in [5, 5.41) is 0.484. The summed E-state index contributed by atoms with van der Waals surface area (Å²) in [6.45, 7) is 7.00. The van der Waals surface area contributed by atoms with Crippen LogP contribution >= 0.6 is 11.6 Å². The number of hydrogen-bond acceptors (Lipinski definition) is 2. The third kappa shape index (κ3) is 4.50. The van der Waals surface area contributed by atoms with Crippen LogP contribution in [0, 0.1) is 5.92 Å². The molecule has 1 heterocycles. The maximum Gasteiger partial charge on any atom is 0.255 e. The summed E-state index contributed by atoms with van der Waals surface area (Å²) in [5.74, 6) is 0.248. The van der Waals surface area contributed by atoms with E-state index in [-0.39, 0.29) is 17.7 Å². The Labute approximate surface area is 149 Å². The van der Waals surface area contributed by atoms with Gasteiger partial charge in [0.25, 0.3) is 5.91 Å². The zero-order valence-corrected chi connectivity index (χ0v) is 15.4. The van der Waals surface area contributed by atoms with Gasteiger partial charge in [-0.05, 0) is 38.3 Å². The first-order valence-electron chi connectivity index (χ1n) is 8.91. The van der Waals surface area contributed by atoms with Crippen molar-refractivity contribution in [2.75, 3.05) is 26.2 Å². The minimum Gasteiger partial charge on any atom is -0.343 e. The molecule has 1 fully saturated rings. The molecule has 2 amide bonds. The van der Waals surface area contributed by atoms with Crippen LogP contribution < -0.4 is 0 Å². The number of carbonyl (C=O) groups excluding carboxylic acids is 2. The Balaban J connectivity index is 1.92. The smallest absolute Gasteiger partial charge is 0.255 e. The number of hydrogen-bond donors (Lipinski definition) is 0. The van der Waals surface area contributed by atoms with Gasteiger partial charge in [0.05, 0.1) is 10.6 Å². The highest BCUT2D eigenvalue weighted by molar-refractivity contribution is 6.33. The lowest BCUT2D eigenvalue weighted by molar-refractivity contribution is -0.136. The lowest BCUT2D eigenvalue weighted by Gasteiger charge is -2.34. The first-order chi connectivity index (χ1) is 11.6. The fourth-order valence-corrected chi connectivity index (χ4v) is 3.38. The number of carbonyl (C=O) groups is 2. The number of rotatable bonds is 6. The van der Waals surface area contributed by atoms with Crippen LogP contribution in [-0.4, -0.2) is 47.8 Å². The molecular weight excluding hydrogens is 324 g/mol. The molecule has 0 atom stereocenters. The summed E-state index contributed by atoms with van der Waals surface area (Å²) >= 11 is 6.12. The van der Waals surface area contributed by atoms with E-state index in [0.29, 0.717) is 23.7 Å². The third-order valence-electron chi connectivity index (χ3n) is 4.71. The molecule has 1 aromatic carbocycles. The van der Waals surface area contributed by atoms with Crippen molar-refractivity contribution in [1.29, 1.82) is 0 Å². The molecule has 1 saturated heterocycles. The predicted molar refractivity (Wildman–Crippen MR) is 97.2 cm³/mol. The first-order valence-corrected chi connectivity index (χ1v) is 9.28. The number of likely N-dealkylation sites (tertiary alicyclic amines) is 1. The number of piperidine rings is 1. The van der Waals surface area contributed by atoms with Crippen LogP contribution in [0.2, 0.25) is 5.02 Å². The van der Waals surface area contributed by atoms with Gasteiger partial charge in [-0.2, -0.15) is 0 Å². The minimum atomic E-state index is -0.0372. The second-order valence-corrected chi connectivity index (χ2v) is 6.72. The zero-order chi connectivity index (χ0) is 17.5. The van der Waals surface area contributed by atoms with Gasteiger partial charge in [-0.3, -0.25) is 9.59 Å². The van der Waals surface area contributed by atoms with Gasteiger partial charge in [0.2, 0.25) is 5.91 Å².